The van der Waals surface area contributed by atoms with E-state index >= 15 is 0 Å². The molecule has 0 spiro atoms. The molecule has 1 N–H and O–H groups in total. The number of fused-ring (bicyclic) bond motifs is 1. The van der Waals surface area contributed by atoms with Crippen LogP contribution in [0, 0.1) is 16.2 Å². The Hall–Kier alpha value is 0.910. The van der Waals surface area contributed by atoms with Crippen LogP contribution in [0.2, 0.25) is 0 Å². The van der Waals surface area contributed by atoms with Gasteiger partial charge in [0, 0.05) is 17.3 Å². The highest BCUT2D eigenvalue weighted by Crippen LogP contribution is 2.82. The Morgan fingerprint density at radius 1 is 1.38 bits per heavy atom. The first-order valence-corrected chi connectivity index (χ1v) is 8.18. The first kappa shape index (κ1) is 13.3. The van der Waals surface area contributed by atoms with Crippen LogP contribution in [-0.2, 0) is 4.79 Å². The number of hydrogen-bond donors (Lipinski definition) is 1. The van der Waals surface area contributed by atoms with E-state index < -0.39 is 0 Å². The smallest absolute Gasteiger partial charge is 0.227 e. The van der Waals surface area contributed by atoms with Gasteiger partial charge in [0.05, 0.1) is 9.15 Å². The average Bonchev–Trinajstić information content (AvgIpc) is 2.66. The first-order chi connectivity index (χ1) is 7.29. The lowest BCUT2D eigenvalue weighted by Crippen LogP contribution is -2.71. The van der Waals surface area contributed by atoms with Crippen molar-refractivity contribution in [1.29, 1.82) is 0 Å². The summed E-state index contributed by atoms with van der Waals surface area (Å²) >= 11 is 11.1. The SMILES string of the molecule is CNC(=O)[C@@]12CC[C@@](C(Br)Br)([C@H]1Br)C2(C)C. The summed E-state index contributed by atoms with van der Waals surface area (Å²) < 4.78 is 0.243. The van der Waals surface area contributed by atoms with Crippen molar-refractivity contribution in [3.63, 3.8) is 0 Å². The molecule has 1 amide bonds. The molecule has 3 saturated carbocycles. The van der Waals surface area contributed by atoms with Crippen LogP contribution in [0.5, 0.6) is 0 Å². The highest BCUT2D eigenvalue weighted by molar-refractivity contribution is 9.24. The second-order valence-corrected chi connectivity index (χ2v) is 9.35. The molecule has 0 heterocycles. The predicted molar refractivity (Wildman–Crippen MR) is 76.3 cm³/mol. The molecule has 16 heavy (non-hydrogen) atoms. The molecule has 0 aliphatic heterocycles. The van der Waals surface area contributed by atoms with Crippen LogP contribution in [0.15, 0.2) is 0 Å². The molecule has 3 fully saturated rings. The summed E-state index contributed by atoms with van der Waals surface area (Å²) in [4.78, 5) is 12.4. The number of carbonyl (C=O) groups excluding carboxylic acids is 1. The molecule has 3 rings (SSSR count). The fraction of sp³-hybridized carbons (Fsp3) is 0.909. The van der Waals surface area contributed by atoms with Gasteiger partial charge in [-0.15, -0.1) is 0 Å². The van der Waals surface area contributed by atoms with Crippen LogP contribution >= 0.6 is 47.8 Å². The molecule has 2 bridgehead atoms. The van der Waals surface area contributed by atoms with E-state index in [1.165, 1.54) is 0 Å². The number of alkyl halides is 3. The monoisotopic (exact) mass is 415 g/mol. The summed E-state index contributed by atoms with van der Waals surface area (Å²) in [6, 6.07) is 0. The summed E-state index contributed by atoms with van der Waals surface area (Å²) in [6.07, 6.45) is 2.04. The number of amides is 1. The van der Waals surface area contributed by atoms with Crippen molar-refractivity contribution in [3.05, 3.63) is 0 Å². The molecule has 3 aliphatic rings. The molecule has 3 atom stereocenters. The minimum atomic E-state index is -0.248. The van der Waals surface area contributed by atoms with Crippen molar-refractivity contribution in [1.82, 2.24) is 5.32 Å². The normalized spacial score (nSPS) is 44.3. The van der Waals surface area contributed by atoms with Gasteiger partial charge in [-0.1, -0.05) is 61.6 Å². The van der Waals surface area contributed by atoms with E-state index in [1.54, 1.807) is 7.05 Å². The van der Waals surface area contributed by atoms with Crippen LogP contribution in [0.1, 0.15) is 26.7 Å². The van der Waals surface area contributed by atoms with E-state index in [0.717, 1.165) is 12.8 Å². The van der Waals surface area contributed by atoms with Gasteiger partial charge in [-0.3, -0.25) is 4.79 Å². The van der Waals surface area contributed by atoms with E-state index in [9.17, 15) is 4.79 Å². The molecule has 92 valence electrons. The van der Waals surface area contributed by atoms with Gasteiger partial charge in [0.1, 0.15) is 0 Å². The minimum Gasteiger partial charge on any atom is -0.359 e. The second-order valence-electron chi connectivity index (χ2n) is 5.38. The fourth-order valence-corrected chi connectivity index (χ4v) is 8.84. The molecular formula is C11H16Br3NO. The summed E-state index contributed by atoms with van der Waals surface area (Å²) in [7, 11) is 1.73. The highest BCUT2D eigenvalue weighted by atomic mass is 79.9. The van der Waals surface area contributed by atoms with E-state index in [2.05, 4.69) is 67.0 Å². The molecule has 0 aromatic heterocycles. The van der Waals surface area contributed by atoms with Gasteiger partial charge < -0.3 is 5.32 Å². The van der Waals surface area contributed by atoms with Crippen LogP contribution in [0.25, 0.3) is 0 Å². The molecule has 0 unspecified atom stereocenters. The minimum absolute atomic E-state index is 0.00588. The third kappa shape index (κ3) is 1.07. The van der Waals surface area contributed by atoms with Crippen molar-refractivity contribution >= 4 is 53.7 Å². The summed E-state index contributed by atoms with van der Waals surface area (Å²) in [5.74, 6) is 0.174. The van der Waals surface area contributed by atoms with Crippen molar-refractivity contribution in [2.75, 3.05) is 7.05 Å². The van der Waals surface area contributed by atoms with Crippen molar-refractivity contribution in [3.8, 4) is 0 Å². The second kappa shape index (κ2) is 3.70. The third-order valence-corrected chi connectivity index (χ3v) is 8.35. The average molecular weight is 418 g/mol. The maximum absolute atomic E-state index is 12.2. The zero-order valence-corrected chi connectivity index (χ0v) is 14.4. The lowest BCUT2D eigenvalue weighted by molar-refractivity contribution is -0.161. The van der Waals surface area contributed by atoms with Crippen LogP contribution < -0.4 is 5.32 Å². The maximum atomic E-state index is 12.2. The predicted octanol–water partition coefficient (Wildman–Crippen LogP) is 3.42. The summed E-state index contributed by atoms with van der Waals surface area (Å²) in [5.41, 5.74) is -0.118. The number of hydrogen-bond acceptors (Lipinski definition) is 1. The van der Waals surface area contributed by atoms with Gasteiger partial charge >= 0.3 is 0 Å². The Labute approximate surface area is 122 Å². The van der Waals surface area contributed by atoms with E-state index in [0.29, 0.717) is 0 Å². The Bertz CT molecular complexity index is 344. The lowest BCUT2D eigenvalue weighted by atomic mass is 9.43. The zero-order valence-electron chi connectivity index (χ0n) is 9.61. The van der Waals surface area contributed by atoms with Gasteiger partial charge in [0.25, 0.3) is 0 Å². The van der Waals surface area contributed by atoms with Crippen LogP contribution in [-0.4, -0.2) is 21.5 Å². The standard InChI is InChI=1S/C11H16Br3NO/c1-9(2)10(7(13)14)4-5-11(9,6(10)12)8(16)15-3/h6-7H,4-5H2,1-3H3,(H,15,16)/t6-,10+,11-/m1/s1. The molecule has 0 aromatic rings. The van der Waals surface area contributed by atoms with Crippen molar-refractivity contribution in [2.45, 2.75) is 35.3 Å². The van der Waals surface area contributed by atoms with Gasteiger partial charge in [-0.2, -0.15) is 0 Å². The molecule has 0 saturated heterocycles. The van der Waals surface area contributed by atoms with Gasteiger partial charge in [-0.05, 0) is 18.3 Å². The number of nitrogens with one attached hydrogen (secondary N) is 1. The van der Waals surface area contributed by atoms with Gasteiger partial charge in [0.15, 0.2) is 0 Å². The Morgan fingerprint density at radius 2 is 1.94 bits per heavy atom. The van der Waals surface area contributed by atoms with E-state index in [4.69, 9.17) is 0 Å². The zero-order chi connectivity index (χ0) is 12.4. The molecule has 2 nitrogen and oxygen atoms in total. The Morgan fingerprint density at radius 3 is 2.25 bits per heavy atom. The first-order valence-electron chi connectivity index (χ1n) is 5.43. The van der Waals surface area contributed by atoms with E-state index in [1.807, 2.05) is 0 Å². The topological polar surface area (TPSA) is 29.1 Å². The molecule has 0 radical (unpaired) electrons. The quantitative estimate of drug-likeness (QED) is 0.685. The number of carbonyl (C=O) groups is 1. The number of halogens is 3. The maximum Gasteiger partial charge on any atom is 0.227 e. The van der Waals surface area contributed by atoms with Gasteiger partial charge in [-0.25, -0.2) is 0 Å². The summed E-state index contributed by atoms with van der Waals surface area (Å²) in [5, 5.41) is 2.83. The van der Waals surface area contributed by atoms with Crippen LogP contribution in [0.3, 0.4) is 0 Å². The van der Waals surface area contributed by atoms with Gasteiger partial charge in [0.2, 0.25) is 5.91 Å². The van der Waals surface area contributed by atoms with Crippen molar-refractivity contribution < 1.29 is 4.79 Å². The molecule has 0 aromatic carbocycles. The third-order valence-electron chi connectivity index (χ3n) is 5.12. The fourth-order valence-electron chi connectivity index (χ4n) is 3.92. The largest absolute Gasteiger partial charge is 0.359 e. The van der Waals surface area contributed by atoms with E-state index in [-0.39, 0.29) is 30.7 Å². The Balaban J connectivity index is 2.46. The summed E-state index contributed by atoms with van der Waals surface area (Å²) in [6.45, 7) is 4.42. The number of rotatable bonds is 2. The Kier molecular flexibility index (Phi) is 3.09. The molecule has 3 aliphatic carbocycles. The van der Waals surface area contributed by atoms with Crippen LogP contribution in [0.4, 0.5) is 0 Å². The molecule has 5 heteroatoms. The highest BCUT2D eigenvalue weighted by Gasteiger charge is 2.83. The molecular weight excluding hydrogens is 402 g/mol. The lowest BCUT2D eigenvalue weighted by Gasteiger charge is -2.66. The van der Waals surface area contributed by atoms with Crippen molar-refractivity contribution in [2.24, 2.45) is 16.2 Å².